The summed E-state index contributed by atoms with van der Waals surface area (Å²) in [6.07, 6.45) is 3.05. The molecule has 0 radical (unpaired) electrons. The number of nitrogens with zero attached hydrogens (tertiary/aromatic N) is 1. The number of hydrogen-bond donors (Lipinski definition) is 1. The van der Waals surface area contributed by atoms with E-state index in [1.165, 1.54) is 11.0 Å². The maximum atomic E-state index is 12.8. The second-order valence-electron chi connectivity index (χ2n) is 6.55. The summed E-state index contributed by atoms with van der Waals surface area (Å²) in [7, 11) is 0. The van der Waals surface area contributed by atoms with Crippen molar-refractivity contribution in [3.63, 3.8) is 0 Å². The average molecular weight is 501 g/mol. The van der Waals surface area contributed by atoms with E-state index in [9.17, 15) is 9.59 Å². The van der Waals surface area contributed by atoms with Crippen LogP contribution < -0.4 is 14.8 Å². The molecule has 160 valence electrons. The third-order valence-corrected chi connectivity index (χ3v) is 5.41. The molecule has 31 heavy (non-hydrogen) atoms. The SMILES string of the molecule is C=CCN1C(=O)/C(=C/c2cc(OCC)c(OCc3ccccc3)cc2Br)C(=O)NC1=S. The van der Waals surface area contributed by atoms with Gasteiger partial charge in [0.25, 0.3) is 11.8 Å². The second kappa shape index (κ2) is 10.4. The number of ether oxygens (including phenoxy) is 2. The monoisotopic (exact) mass is 500 g/mol. The van der Waals surface area contributed by atoms with Crippen LogP contribution in [0.4, 0.5) is 0 Å². The van der Waals surface area contributed by atoms with E-state index in [-0.39, 0.29) is 17.2 Å². The van der Waals surface area contributed by atoms with E-state index in [0.29, 0.717) is 34.7 Å². The van der Waals surface area contributed by atoms with Crippen molar-refractivity contribution in [3.8, 4) is 11.5 Å². The lowest BCUT2D eigenvalue weighted by molar-refractivity contribution is -0.128. The van der Waals surface area contributed by atoms with Crippen LogP contribution >= 0.6 is 28.1 Å². The van der Waals surface area contributed by atoms with Gasteiger partial charge in [-0.2, -0.15) is 0 Å². The predicted molar refractivity (Wildman–Crippen MR) is 127 cm³/mol. The van der Waals surface area contributed by atoms with Crippen LogP contribution in [0.1, 0.15) is 18.1 Å². The van der Waals surface area contributed by atoms with Crippen molar-refractivity contribution in [2.75, 3.05) is 13.2 Å². The molecule has 0 bridgehead atoms. The lowest BCUT2D eigenvalue weighted by Gasteiger charge is -2.27. The molecule has 1 heterocycles. The zero-order valence-corrected chi connectivity index (χ0v) is 19.3. The number of benzene rings is 2. The van der Waals surface area contributed by atoms with Crippen molar-refractivity contribution in [2.45, 2.75) is 13.5 Å². The maximum absolute atomic E-state index is 12.8. The number of thiocarbonyl (C=S) groups is 1. The number of carbonyl (C=O) groups is 2. The Balaban J connectivity index is 1.92. The molecule has 0 aliphatic carbocycles. The molecule has 1 fully saturated rings. The fourth-order valence-corrected chi connectivity index (χ4v) is 3.61. The summed E-state index contributed by atoms with van der Waals surface area (Å²) in [6.45, 7) is 6.50. The first kappa shape index (κ1) is 22.7. The Morgan fingerprint density at radius 1 is 1.16 bits per heavy atom. The number of rotatable bonds is 8. The minimum Gasteiger partial charge on any atom is -0.490 e. The largest absolute Gasteiger partial charge is 0.490 e. The smallest absolute Gasteiger partial charge is 0.265 e. The van der Waals surface area contributed by atoms with Gasteiger partial charge in [-0.1, -0.05) is 52.3 Å². The van der Waals surface area contributed by atoms with Gasteiger partial charge in [-0.05, 0) is 48.5 Å². The summed E-state index contributed by atoms with van der Waals surface area (Å²) in [5.41, 5.74) is 1.59. The Labute approximate surface area is 194 Å². The summed E-state index contributed by atoms with van der Waals surface area (Å²) >= 11 is 8.59. The molecule has 1 aliphatic heterocycles. The molecule has 6 nitrogen and oxygen atoms in total. The lowest BCUT2D eigenvalue weighted by Crippen LogP contribution is -2.53. The fraction of sp³-hybridized carbons (Fsp3) is 0.174. The molecule has 8 heteroatoms. The topological polar surface area (TPSA) is 67.9 Å². The molecule has 0 spiro atoms. The first-order valence-electron chi connectivity index (χ1n) is 9.57. The van der Waals surface area contributed by atoms with Crippen LogP contribution in [0, 0.1) is 0 Å². The standard InChI is InChI=1S/C23H21BrN2O4S/c1-3-10-26-22(28)17(21(27)25-23(26)31)11-16-12-19(29-4-2)20(13-18(16)24)30-14-15-8-6-5-7-9-15/h3,5-9,11-13H,1,4,10,14H2,2H3,(H,25,27,31)/b17-11+. The Kier molecular flexibility index (Phi) is 7.59. The molecule has 2 aromatic rings. The molecule has 3 rings (SSSR count). The normalized spacial score (nSPS) is 15.1. The van der Waals surface area contributed by atoms with Crippen molar-refractivity contribution in [1.29, 1.82) is 0 Å². The summed E-state index contributed by atoms with van der Waals surface area (Å²) in [5.74, 6) is 0.0247. The number of hydrogen-bond acceptors (Lipinski definition) is 5. The summed E-state index contributed by atoms with van der Waals surface area (Å²) in [6, 6.07) is 13.3. The van der Waals surface area contributed by atoms with E-state index in [1.54, 1.807) is 18.2 Å². The Hall–Kier alpha value is -2.97. The number of amides is 2. The molecule has 1 aliphatic rings. The van der Waals surface area contributed by atoms with Crippen molar-refractivity contribution >= 4 is 51.2 Å². The molecule has 1 N–H and O–H groups in total. The molecule has 0 aromatic heterocycles. The Bertz CT molecular complexity index is 1050. The van der Waals surface area contributed by atoms with Gasteiger partial charge in [-0.25, -0.2) is 0 Å². The van der Waals surface area contributed by atoms with Gasteiger partial charge < -0.3 is 9.47 Å². The highest BCUT2D eigenvalue weighted by atomic mass is 79.9. The summed E-state index contributed by atoms with van der Waals surface area (Å²) in [4.78, 5) is 26.5. The first-order valence-corrected chi connectivity index (χ1v) is 10.8. The minimum atomic E-state index is -0.551. The van der Waals surface area contributed by atoms with Crippen LogP contribution in [0.5, 0.6) is 11.5 Å². The van der Waals surface area contributed by atoms with E-state index >= 15 is 0 Å². The highest BCUT2D eigenvalue weighted by Gasteiger charge is 2.32. The van der Waals surface area contributed by atoms with Gasteiger partial charge in [0.05, 0.1) is 6.61 Å². The van der Waals surface area contributed by atoms with Gasteiger partial charge >= 0.3 is 0 Å². The zero-order valence-electron chi connectivity index (χ0n) is 16.9. The predicted octanol–water partition coefficient (Wildman–Crippen LogP) is 4.24. The number of nitrogens with one attached hydrogen (secondary N) is 1. The van der Waals surface area contributed by atoms with Crippen LogP contribution in [-0.2, 0) is 16.2 Å². The summed E-state index contributed by atoms with van der Waals surface area (Å²) < 4.78 is 12.3. The average Bonchev–Trinajstić information content (AvgIpc) is 2.75. The highest BCUT2D eigenvalue weighted by Crippen LogP contribution is 2.35. The van der Waals surface area contributed by atoms with Crippen molar-refractivity contribution < 1.29 is 19.1 Å². The second-order valence-corrected chi connectivity index (χ2v) is 7.79. The van der Waals surface area contributed by atoms with Crippen LogP contribution in [0.2, 0.25) is 0 Å². The third-order valence-electron chi connectivity index (χ3n) is 4.40. The van der Waals surface area contributed by atoms with E-state index in [0.717, 1.165) is 5.56 Å². The summed E-state index contributed by atoms with van der Waals surface area (Å²) in [5, 5.41) is 2.60. The van der Waals surface area contributed by atoms with Gasteiger partial charge in [-0.15, -0.1) is 6.58 Å². The van der Waals surface area contributed by atoms with E-state index in [1.807, 2.05) is 37.3 Å². The van der Waals surface area contributed by atoms with Crippen LogP contribution in [0.3, 0.4) is 0 Å². The van der Waals surface area contributed by atoms with Crippen molar-refractivity contribution in [3.05, 3.63) is 76.3 Å². The van der Waals surface area contributed by atoms with E-state index in [4.69, 9.17) is 21.7 Å². The fourth-order valence-electron chi connectivity index (χ4n) is 2.92. The zero-order chi connectivity index (χ0) is 22.4. The molecular formula is C23H21BrN2O4S. The third kappa shape index (κ3) is 5.39. The van der Waals surface area contributed by atoms with E-state index < -0.39 is 11.8 Å². The van der Waals surface area contributed by atoms with Gasteiger partial charge in [-0.3, -0.25) is 19.8 Å². The van der Waals surface area contributed by atoms with Crippen molar-refractivity contribution in [1.82, 2.24) is 10.2 Å². The lowest BCUT2D eigenvalue weighted by atomic mass is 10.1. The molecular weight excluding hydrogens is 480 g/mol. The molecule has 0 atom stereocenters. The number of halogens is 1. The van der Waals surface area contributed by atoms with Crippen LogP contribution in [-0.4, -0.2) is 35.0 Å². The minimum absolute atomic E-state index is 0.0310. The van der Waals surface area contributed by atoms with Crippen LogP contribution in [0.25, 0.3) is 6.08 Å². The molecule has 2 amide bonds. The van der Waals surface area contributed by atoms with Gasteiger partial charge in [0.1, 0.15) is 12.2 Å². The Morgan fingerprint density at radius 2 is 1.87 bits per heavy atom. The maximum Gasteiger partial charge on any atom is 0.265 e. The highest BCUT2D eigenvalue weighted by molar-refractivity contribution is 9.10. The number of carbonyl (C=O) groups excluding carboxylic acids is 2. The quantitative estimate of drug-likeness (QED) is 0.254. The Morgan fingerprint density at radius 3 is 2.55 bits per heavy atom. The van der Waals surface area contributed by atoms with Crippen LogP contribution in [0.15, 0.2) is 65.2 Å². The molecule has 0 unspecified atom stereocenters. The van der Waals surface area contributed by atoms with Gasteiger partial charge in [0, 0.05) is 11.0 Å². The molecule has 0 saturated carbocycles. The van der Waals surface area contributed by atoms with Crippen molar-refractivity contribution in [2.24, 2.45) is 0 Å². The molecule has 2 aromatic carbocycles. The first-order chi connectivity index (χ1) is 14.9. The van der Waals surface area contributed by atoms with Gasteiger partial charge in [0.2, 0.25) is 0 Å². The van der Waals surface area contributed by atoms with Gasteiger partial charge in [0.15, 0.2) is 16.6 Å². The van der Waals surface area contributed by atoms with E-state index in [2.05, 4.69) is 27.8 Å². The molecule has 1 saturated heterocycles.